The van der Waals surface area contributed by atoms with E-state index in [9.17, 15) is 4.79 Å². The molecule has 1 aliphatic carbocycles. The first-order chi connectivity index (χ1) is 15.9. The average molecular weight is 553 g/mol. The predicted octanol–water partition coefficient (Wildman–Crippen LogP) is 8.60. The summed E-state index contributed by atoms with van der Waals surface area (Å²) in [5.41, 5.74) is 0.141. The molecule has 0 aliphatic heterocycles. The first-order valence-electron chi connectivity index (χ1n) is 13.7. The molecule has 0 bridgehead atoms. The number of hydrogen-bond acceptors (Lipinski definition) is 4. The normalized spacial score (nSPS) is 22.3. The van der Waals surface area contributed by atoms with Crippen molar-refractivity contribution in [2.24, 2.45) is 5.92 Å². The Morgan fingerprint density at radius 1 is 0.857 bits per heavy atom. The van der Waals surface area contributed by atoms with Crippen LogP contribution in [0.15, 0.2) is 30.3 Å². The maximum atomic E-state index is 14.0. The van der Waals surface area contributed by atoms with Gasteiger partial charge < -0.3 is 12.7 Å². The Labute approximate surface area is 220 Å². The van der Waals surface area contributed by atoms with E-state index in [1.807, 2.05) is 30.3 Å². The van der Waals surface area contributed by atoms with E-state index >= 15 is 0 Å². The summed E-state index contributed by atoms with van der Waals surface area (Å²) >= 11 is 0. The van der Waals surface area contributed by atoms with Crippen LogP contribution in [0.1, 0.15) is 55.3 Å². The highest BCUT2D eigenvalue weighted by Crippen LogP contribution is 2.44. The molecule has 0 spiro atoms. The minimum absolute atomic E-state index is 0.208. The van der Waals surface area contributed by atoms with Crippen molar-refractivity contribution in [1.29, 1.82) is 0 Å². The van der Waals surface area contributed by atoms with Gasteiger partial charge in [-0.3, -0.25) is 4.79 Å². The van der Waals surface area contributed by atoms with Gasteiger partial charge in [-0.05, 0) is 96.7 Å². The van der Waals surface area contributed by atoms with Gasteiger partial charge in [0.1, 0.15) is 5.60 Å². The average Bonchev–Trinajstić information content (AvgIpc) is 2.68. The summed E-state index contributed by atoms with van der Waals surface area (Å²) in [6, 6.07) is 11.0. The van der Waals surface area contributed by atoms with Crippen molar-refractivity contribution >= 4 is 39.3 Å². The van der Waals surface area contributed by atoms with Gasteiger partial charge in [0.25, 0.3) is 0 Å². The van der Waals surface area contributed by atoms with Gasteiger partial charge in [-0.25, -0.2) is 0 Å². The second kappa shape index (κ2) is 12.0. The van der Waals surface area contributed by atoms with Gasteiger partial charge in [0.05, 0.1) is 0 Å². The second-order valence-corrected chi connectivity index (χ2v) is 30.6. The summed E-state index contributed by atoms with van der Waals surface area (Å²) in [4.78, 5) is 14.0. The van der Waals surface area contributed by atoms with Gasteiger partial charge in [0, 0.05) is 5.56 Å². The lowest BCUT2D eigenvalue weighted by Crippen LogP contribution is -2.55. The number of carbonyl (C=O) groups is 1. The first kappa shape index (κ1) is 30.9. The minimum atomic E-state index is -2.11. The number of carbonyl (C=O) groups excluding carboxylic acids is 1. The molecule has 1 aliphatic rings. The van der Waals surface area contributed by atoms with E-state index in [0.29, 0.717) is 5.92 Å². The topological polar surface area (TPSA) is 44.8 Å². The summed E-state index contributed by atoms with van der Waals surface area (Å²) in [6.07, 6.45) is 7.54. The minimum Gasteiger partial charge on any atom is -0.437 e. The summed E-state index contributed by atoms with van der Waals surface area (Å²) in [5, 5.41) is 0. The van der Waals surface area contributed by atoms with Gasteiger partial charge in [-0.2, -0.15) is 0 Å². The number of rotatable bonds is 13. The molecular formula is C27H52O4Si4. The van der Waals surface area contributed by atoms with Gasteiger partial charge in [0.2, 0.25) is 0 Å². The van der Waals surface area contributed by atoms with E-state index < -0.39 is 39.1 Å². The van der Waals surface area contributed by atoms with Crippen LogP contribution in [0.5, 0.6) is 0 Å². The van der Waals surface area contributed by atoms with E-state index in [2.05, 4.69) is 65.5 Å². The SMILES string of the molecule is C[Si](C)(C)OC1(C(=O)c2ccccc2)CCCCC1CCCC[Si](C)(C)O[Si](C)(C)O[Si](C)(C)C. The molecule has 1 aromatic carbocycles. The molecule has 0 N–H and O–H groups in total. The van der Waals surface area contributed by atoms with Crippen LogP contribution in [0.2, 0.25) is 71.5 Å². The van der Waals surface area contributed by atoms with Gasteiger partial charge in [-0.15, -0.1) is 0 Å². The third-order valence-electron chi connectivity index (χ3n) is 6.57. The molecule has 0 amide bonds. The van der Waals surface area contributed by atoms with Gasteiger partial charge in [-0.1, -0.05) is 56.0 Å². The first-order valence-corrected chi connectivity index (χ1v) is 26.4. The number of ketones is 1. The third kappa shape index (κ3) is 10.1. The number of hydrogen-bond donors (Lipinski definition) is 0. The fourth-order valence-corrected chi connectivity index (χ4v) is 20.6. The molecule has 1 aromatic rings. The van der Waals surface area contributed by atoms with E-state index in [-0.39, 0.29) is 5.78 Å². The van der Waals surface area contributed by atoms with Crippen LogP contribution in [0.25, 0.3) is 0 Å². The van der Waals surface area contributed by atoms with Crippen LogP contribution in [0.4, 0.5) is 0 Å². The molecule has 2 unspecified atom stereocenters. The molecule has 4 nitrogen and oxygen atoms in total. The van der Waals surface area contributed by atoms with Crippen molar-refractivity contribution in [3.05, 3.63) is 35.9 Å². The molecular weight excluding hydrogens is 501 g/mol. The van der Waals surface area contributed by atoms with Crippen molar-refractivity contribution in [2.45, 2.75) is 122 Å². The fourth-order valence-electron chi connectivity index (χ4n) is 5.87. The van der Waals surface area contributed by atoms with Crippen LogP contribution in [0, 0.1) is 5.92 Å². The lowest BCUT2D eigenvalue weighted by Gasteiger charge is -2.46. The molecule has 35 heavy (non-hydrogen) atoms. The maximum Gasteiger partial charge on any atom is 0.311 e. The maximum absolute atomic E-state index is 14.0. The summed E-state index contributed by atoms with van der Waals surface area (Å²) in [6.45, 7) is 22.5. The second-order valence-electron chi connectivity index (χ2n) is 13.5. The zero-order chi connectivity index (χ0) is 26.5. The lowest BCUT2D eigenvalue weighted by molar-refractivity contribution is -0.0161. The highest BCUT2D eigenvalue weighted by Gasteiger charge is 2.50. The monoisotopic (exact) mass is 552 g/mol. The van der Waals surface area contributed by atoms with Crippen LogP contribution in [0.3, 0.4) is 0 Å². The Bertz CT molecular complexity index is 815. The molecule has 0 aromatic heterocycles. The molecule has 2 rings (SSSR count). The Hall–Kier alpha value is -0.362. The van der Waals surface area contributed by atoms with Gasteiger partial charge >= 0.3 is 8.56 Å². The van der Waals surface area contributed by atoms with Crippen molar-refractivity contribution < 1.29 is 17.5 Å². The Balaban J connectivity index is 2.08. The molecule has 1 fully saturated rings. The van der Waals surface area contributed by atoms with Crippen molar-refractivity contribution in [2.75, 3.05) is 0 Å². The van der Waals surface area contributed by atoms with E-state index in [0.717, 1.165) is 50.1 Å². The van der Waals surface area contributed by atoms with Crippen molar-refractivity contribution in [1.82, 2.24) is 0 Å². The molecule has 0 saturated heterocycles. The molecule has 2 atom stereocenters. The smallest absolute Gasteiger partial charge is 0.311 e. The Kier molecular flexibility index (Phi) is 10.6. The Morgan fingerprint density at radius 2 is 1.49 bits per heavy atom. The summed E-state index contributed by atoms with van der Waals surface area (Å²) < 4.78 is 20.0. The quantitative estimate of drug-likeness (QED) is 0.140. The van der Waals surface area contributed by atoms with Crippen LogP contribution in [-0.2, 0) is 12.7 Å². The highest BCUT2D eigenvalue weighted by atomic mass is 28.5. The van der Waals surface area contributed by atoms with Crippen LogP contribution >= 0.6 is 0 Å². The van der Waals surface area contributed by atoms with E-state index in [4.69, 9.17) is 12.7 Å². The number of Topliss-reactive ketones (excluding diaryl/α,β-unsaturated/α-hetero) is 1. The standard InChI is InChI=1S/C27H52O4Si4/c1-32(2,3)29-27(26(28)24-18-12-11-13-19-24)22-16-14-20-25(27)21-15-17-23-34(7,8)31-35(9,10)30-33(4,5)6/h11-13,18-19,25H,14-17,20-23H2,1-10H3. The third-order valence-corrected chi connectivity index (χ3v) is 17.7. The largest absolute Gasteiger partial charge is 0.437 e. The zero-order valence-electron chi connectivity index (χ0n) is 24.3. The molecule has 0 heterocycles. The van der Waals surface area contributed by atoms with Gasteiger partial charge in [0.15, 0.2) is 30.7 Å². The molecule has 8 heteroatoms. The van der Waals surface area contributed by atoms with Crippen molar-refractivity contribution in [3.8, 4) is 0 Å². The fraction of sp³-hybridized carbons (Fsp3) is 0.741. The molecule has 200 valence electrons. The molecule has 1 saturated carbocycles. The summed E-state index contributed by atoms with van der Waals surface area (Å²) in [5.74, 6) is 0.502. The predicted molar refractivity (Wildman–Crippen MR) is 159 cm³/mol. The van der Waals surface area contributed by atoms with Crippen LogP contribution in [-0.4, -0.2) is 44.9 Å². The number of unbranched alkanes of at least 4 members (excludes halogenated alkanes) is 1. The zero-order valence-corrected chi connectivity index (χ0v) is 28.3. The number of benzene rings is 1. The van der Waals surface area contributed by atoms with Crippen molar-refractivity contribution in [3.63, 3.8) is 0 Å². The highest BCUT2D eigenvalue weighted by molar-refractivity contribution is 6.87. The molecule has 0 radical (unpaired) electrons. The Morgan fingerprint density at radius 3 is 2.06 bits per heavy atom. The lowest BCUT2D eigenvalue weighted by atomic mass is 9.69. The van der Waals surface area contributed by atoms with E-state index in [1.54, 1.807) is 0 Å². The van der Waals surface area contributed by atoms with E-state index in [1.165, 1.54) is 6.42 Å². The van der Waals surface area contributed by atoms with Crippen LogP contribution < -0.4 is 0 Å². The summed E-state index contributed by atoms with van der Waals surface area (Å²) in [7, 11) is -7.44.